The van der Waals surface area contributed by atoms with E-state index in [9.17, 15) is 14.5 Å². The van der Waals surface area contributed by atoms with Gasteiger partial charge in [0.25, 0.3) is 5.69 Å². The lowest BCUT2D eigenvalue weighted by Crippen LogP contribution is -2.28. The standard InChI is InChI=1S/C11H13ClFN3O2/c1-6-4-15(5-9(6)14)10-3-8(13)7(12)2-11(10)16(17)18/h2-3,6,9H,4-5,14H2,1H3. The minimum absolute atomic E-state index is 0.0663. The number of benzene rings is 1. The van der Waals surface area contributed by atoms with Crippen molar-refractivity contribution in [3.63, 3.8) is 0 Å². The van der Waals surface area contributed by atoms with E-state index in [-0.39, 0.29) is 28.4 Å². The highest BCUT2D eigenvalue weighted by molar-refractivity contribution is 6.31. The normalized spacial score (nSPS) is 23.4. The molecule has 1 aliphatic rings. The summed E-state index contributed by atoms with van der Waals surface area (Å²) in [6, 6.07) is 2.08. The number of anilines is 1. The van der Waals surface area contributed by atoms with Crippen molar-refractivity contribution in [3.8, 4) is 0 Å². The first-order valence-corrected chi connectivity index (χ1v) is 5.92. The second-order valence-corrected chi connectivity index (χ2v) is 4.97. The molecule has 2 N–H and O–H groups in total. The summed E-state index contributed by atoms with van der Waals surface area (Å²) >= 11 is 5.57. The molecule has 1 aromatic rings. The van der Waals surface area contributed by atoms with Gasteiger partial charge in [-0.2, -0.15) is 0 Å². The first-order valence-electron chi connectivity index (χ1n) is 5.54. The molecule has 0 saturated carbocycles. The van der Waals surface area contributed by atoms with Gasteiger partial charge in [0.15, 0.2) is 0 Å². The Morgan fingerprint density at radius 2 is 2.22 bits per heavy atom. The third kappa shape index (κ3) is 2.26. The molecule has 0 amide bonds. The molecule has 5 nitrogen and oxygen atoms in total. The summed E-state index contributed by atoms with van der Waals surface area (Å²) in [7, 11) is 0. The molecular formula is C11H13ClFN3O2. The van der Waals surface area contributed by atoms with Crippen molar-refractivity contribution in [2.24, 2.45) is 11.7 Å². The van der Waals surface area contributed by atoms with E-state index in [4.69, 9.17) is 17.3 Å². The van der Waals surface area contributed by atoms with Crippen molar-refractivity contribution in [2.75, 3.05) is 18.0 Å². The number of nitrogens with two attached hydrogens (primary N) is 1. The van der Waals surface area contributed by atoms with Gasteiger partial charge in [-0.3, -0.25) is 10.1 Å². The van der Waals surface area contributed by atoms with E-state index in [1.165, 1.54) is 0 Å². The highest BCUT2D eigenvalue weighted by Gasteiger charge is 2.31. The van der Waals surface area contributed by atoms with E-state index >= 15 is 0 Å². The van der Waals surface area contributed by atoms with Crippen LogP contribution in [0.2, 0.25) is 5.02 Å². The Balaban J connectivity index is 2.43. The van der Waals surface area contributed by atoms with Crippen molar-refractivity contribution >= 4 is 23.0 Å². The van der Waals surface area contributed by atoms with Gasteiger partial charge in [0.05, 0.1) is 9.95 Å². The Labute approximate surface area is 108 Å². The minimum atomic E-state index is -0.662. The molecule has 2 unspecified atom stereocenters. The summed E-state index contributed by atoms with van der Waals surface area (Å²) in [5.41, 5.74) is 5.91. The predicted octanol–water partition coefficient (Wildman–Crippen LogP) is 2.17. The van der Waals surface area contributed by atoms with E-state index in [0.717, 1.165) is 12.1 Å². The second-order valence-electron chi connectivity index (χ2n) is 4.56. The topological polar surface area (TPSA) is 72.4 Å². The molecule has 0 aromatic heterocycles. The molecule has 1 aliphatic heterocycles. The summed E-state index contributed by atoms with van der Waals surface area (Å²) in [6.07, 6.45) is 0. The fourth-order valence-electron chi connectivity index (χ4n) is 2.11. The molecule has 2 atom stereocenters. The SMILES string of the molecule is CC1CN(c2cc(F)c(Cl)cc2[N+](=O)[O-])CC1N. The van der Waals surface area contributed by atoms with E-state index in [2.05, 4.69) is 0 Å². The maximum absolute atomic E-state index is 13.5. The van der Waals surface area contributed by atoms with E-state index in [1.54, 1.807) is 4.90 Å². The smallest absolute Gasteiger partial charge is 0.294 e. The number of nitrogens with zero attached hydrogens (tertiary/aromatic N) is 2. The van der Waals surface area contributed by atoms with Crippen molar-refractivity contribution in [3.05, 3.63) is 33.1 Å². The summed E-state index contributed by atoms with van der Waals surface area (Å²) in [6.45, 7) is 3.01. The van der Waals surface area contributed by atoms with Gasteiger partial charge in [0.1, 0.15) is 11.5 Å². The molecule has 1 fully saturated rings. The van der Waals surface area contributed by atoms with Crippen LogP contribution in [0.25, 0.3) is 0 Å². The van der Waals surface area contributed by atoms with Crippen LogP contribution < -0.4 is 10.6 Å². The minimum Gasteiger partial charge on any atom is -0.364 e. The van der Waals surface area contributed by atoms with Crippen LogP contribution in [0.1, 0.15) is 6.92 Å². The lowest BCUT2D eigenvalue weighted by atomic mass is 10.1. The van der Waals surface area contributed by atoms with Crippen LogP contribution >= 0.6 is 11.6 Å². The number of hydrogen-bond donors (Lipinski definition) is 1. The summed E-state index contributed by atoms with van der Waals surface area (Å²) < 4.78 is 13.5. The van der Waals surface area contributed by atoms with Gasteiger partial charge in [-0.05, 0) is 5.92 Å². The van der Waals surface area contributed by atoms with Crippen molar-refractivity contribution in [2.45, 2.75) is 13.0 Å². The second kappa shape index (κ2) is 4.70. The van der Waals surface area contributed by atoms with Crippen molar-refractivity contribution in [1.29, 1.82) is 0 Å². The predicted molar refractivity (Wildman–Crippen MR) is 67.4 cm³/mol. The Kier molecular flexibility index (Phi) is 3.41. The molecule has 98 valence electrons. The third-order valence-electron chi connectivity index (χ3n) is 3.23. The zero-order valence-electron chi connectivity index (χ0n) is 9.77. The van der Waals surface area contributed by atoms with Crippen molar-refractivity contribution in [1.82, 2.24) is 0 Å². The highest BCUT2D eigenvalue weighted by atomic mass is 35.5. The first-order chi connectivity index (χ1) is 8.40. The van der Waals surface area contributed by atoms with Crippen molar-refractivity contribution < 1.29 is 9.31 Å². The molecule has 1 heterocycles. The monoisotopic (exact) mass is 273 g/mol. The molecule has 7 heteroatoms. The van der Waals surface area contributed by atoms with E-state index in [0.29, 0.717) is 13.1 Å². The Hall–Kier alpha value is -1.40. The molecule has 18 heavy (non-hydrogen) atoms. The van der Waals surface area contributed by atoms with Crippen LogP contribution in [-0.2, 0) is 0 Å². The van der Waals surface area contributed by atoms with E-state index in [1.807, 2.05) is 6.92 Å². The first kappa shape index (κ1) is 13.0. The van der Waals surface area contributed by atoms with E-state index < -0.39 is 10.7 Å². The zero-order chi connectivity index (χ0) is 13.4. The number of nitro benzene ring substituents is 1. The Bertz CT molecular complexity index is 487. The average molecular weight is 274 g/mol. The molecule has 0 aliphatic carbocycles. The van der Waals surface area contributed by atoms with Gasteiger partial charge in [-0.1, -0.05) is 18.5 Å². The van der Waals surface area contributed by atoms with Gasteiger partial charge in [0.2, 0.25) is 0 Å². The fraction of sp³-hybridized carbons (Fsp3) is 0.455. The lowest BCUT2D eigenvalue weighted by Gasteiger charge is -2.18. The maximum Gasteiger partial charge on any atom is 0.294 e. The molecular weight excluding hydrogens is 261 g/mol. The van der Waals surface area contributed by atoms with Gasteiger partial charge >= 0.3 is 0 Å². The van der Waals surface area contributed by atoms with Crippen LogP contribution in [0.15, 0.2) is 12.1 Å². The Morgan fingerprint density at radius 1 is 1.56 bits per heavy atom. The molecule has 1 saturated heterocycles. The maximum atomic E-state index is 13.5. The van der Waals surface area contributed by atoms with Crippen LogP contribution in [0.5, 0.6) is 0 Å². The van der Waals surface area contributed by atoms with Gasteiger partial charge in [-0.15, -0.1) is 0 Å². The largest absolute Gasteiger partial charge is 0.364 e. The highest BCUT2D eigenvalue weighted by Crippen LogP contribution is 2.35. The lowest BCUT2D eigenvalue weighted by molar-refractivity contribution is -0.384. The summed E-state index contributed by atoms with van der Waals surface area (Å²) in [4.78, 5) is 12.1. The quantitative estimate of drug-likeness (QED) is 0.662. The number of nitro groups is 1. The van der Waals surface area contributed by atoms with Crippen LogP contribution in [0, 0.1) is 21.8 Å². The average Bonchev–Trinajstić information content (AvgIpc) is 2.62. The summed E-state index contributed by atoms with van der Waals surface area (Å²) in [5, 5.41) is 10.7. The number of hydrogen-bond acceptors (Lipinski definition) is 4. The number of rotatable bonds is 2. The van der Waals surface area contributed by atoms with Crippen LogP contribution in [-0.4, -0.2) is 24.1 Å². The fourth-order valence-corrected chi connectivity index (χ4v) is 2.27. The molecule has 0 bridgehead atoms. The van der Waals surface area contributed by atoms with Gasteiger partial charge < -0.3 is 10.6 Å². The number of halogens is 2. The Morgan fingerprint density at radius 3 is 2.72 bits per heavy atom. The van der Waals surface area contributed by atoms with Gasteiger partial charge in [-0.25, -0.2) is 4.39 Å². The summed E-state index contributed by atoms with van der Waals surface area (Å²) in [5.74, 6) is -0.450. The molecule has 1 aromatic carbocycles. The van der Waals surface area contributed by atoms with Crippen LogP contribution in [0.4, 0.5) is 15.8 Å². The van der Waals surface area contributed by atoms with Gasteiger partial charge in [0, 0.05) is 31.3 Å². The molecule has 2 rings (SSSR count). The zero-order valence-corrected chi connectivity index (χ0v) is 10.5. The molecule has 0 spiro atoms. The molecule has 0 radical (unpaired) electrons. The third-order valence-corrected chi connectivity index (χ3v) is 3.51. The van der Waals surface area contributed by atoms with Crippen LogP contribution in [0.3, 0.4) is 0 Å².